The minimum absolute atomic E-state index is 0.165. The van der Waals surface area contributed by atoms with E-state index in [4.69, 9.17) is 0 Å². The van der Waals surface area contributed by atoms with Gasteiger partial charge in [-0.05, 0) is 18.2 Å². The van der Waals surface area contributed by atoms with E-state index < -0.39 is 11.8 Å². The van der Waals surface area contributed by atoms with E-state index in [1.807, 2.05) is 0 Å². The molecular weight excluding hydrogens is 260 g/mol. The number of imide groups is 1. The maximum Gasteiger partial charge on any atom is 0.259 e. The largest absolute Gasteiger partial charge is 0.325 e. The molecule has 0 bridgehead atoms. The molecule has 3 rings (SSSR count). The normalized spacial score (nSPS) is 21.3. The lowest BCUT2D eigenvalue weighted by atomic mass is 10.1. The second-order valence-corrected chi connectivity index (χ2v) is 4.74. The minimum atomic E-state index is -0.432. The highest BCUT2D eigenvalue weighted by molar-refractivity contribution is 6.22. The van der Waals surface area contributed by atoms with Gasteiger partial charge in [-0.3, -0.25) is 19.7 Å². The second kappa shape index (κ2) is 5.03. The average Bonchev–Trinajstić information content (AvgIpc) is 2.75. The third kappa shape index (κ3) is 2.28. The summed E-state index contributed by atoms with van der Waals surface area (Å²) in [6.07, 6.45) is 0. The molecule has 1 unspecified atom stereocenters. The van der Waals surface area contributed by atoms with Gasteiger partial charge in [0.2, 0.25) is 5.91 Å². The molecule has 4 N–H and O–H groups in total. The summed E-state index contributed by atoms with van der Waals surface area (Å²) in [6, 6.07) is 4.37. The second-order valence-electron chi connectivity index (χ2n) is 4.74. The summed E-state index contributed by atoms with van der Waals surface area (Å²) in [5, 5.41) is 11.2. The fraction of sp³-hybridized carbons (Fsp3) is 0.308. The average molecular weight is 274 g/mol. The molecule has 1 saturated heterocycles. The molecule has 2 aliphatic rings. The number of anilines is 1. The summed E-state index contributed by atoms with van der Waals surface area (Å²) in [7, 11) is 0. The lowest BCUT2D eigenvalue weighted by molar-refractivity contribution is -0.118. The van der Waals surface area contributed by atoms with E-state index in [-0.39, 0.29) is 11.9 Å². The Hall–Kier alpha value is -2.25. The summed E-state index contributed by atoms with van der Waals surface area (Å²) in [5.74, 6) is -0.999. The van der Waals surface area contributed by atoms with Crippen LogP contribution in [0.4, 0.5) is 5.69 Å². The molecule has 1 fully saturated rings. The smallest absolute Gasteiger partial charge is 0.259 e. The van der Waals surface area contributed by atoms with Crippen LogP contribution < -0.4 is 21.3 Å². The van der Waals surface area contributed by atoms with E-state index in [2.05, 4.69) is 21.3 Å². The molecule has 7 heteroatoms. The zero-order chi connectivity index (χ0) is 14.1. The predicted octanol–water partition coefficient (Wildman–Crippen LogP) is -0.930. The summed E-state index contributed by atoms with van der Waals surface area (Å²) < 4.78 is 0. The van der Waals surface area contributed by atoms with Gasteiger partial charge in [0.05, 0.1) is 17.2 Å². The van der Waals surface area contributed by atoms with Crippen molar-refractivity contribution < 1.29 is 14.4 Å². The Balaban J connectivity index is 1.75. The first-order valence-corrected chi connectivity index (χ1v) is 6.40. The summed E-state index contributed by atoms with van der Waals surface area (Å²) >= 11 is 0. The van der Waals surface area contributed by atoms with Crippen molar-refractivity contribution in [2.24, 2.45) is 0 Å². The van der Waals surface area contributed by atoms with Crippen molar-refractivity contribution in [3.63, 3.8) is 0 Å². The zero-order valence-electron chi connectivity index (χ0n) is 10.7. The Labute approximate surface area is 115 Å². The van der Waals surface area contributed by atoms with Gasteiger partial charge in [0.15, 0.2) is 0 Å². The summed E-state index contributed by atoms with van der Waals surface area (Å²) in [5.41, 5.74) is 1.14. The van der Waals surface area contributed by atoms with Gasteiger partial charge < -0.3 is 16.0 Å². The molecule has 3 amide bonds. The van der Waals surface area contributed by atoms with Crippen LogP contribution in [0.3, 0.4) is 0 Å². The maximum atomic E-state index is 12.0. The number of fused-ring (bicyclic) bond motifs is 1. The molecule has 2 aliphatic heterocycles. The minimum Gasteiger partial charge on any atom is -0.325 e. The van der Waals surface area contributed by atoms with Crippen LogP contribution in [-0.2, 0) is 4.79 Å². The Kier molecular flexibility index (Phi) is 3.21. The predicted molar refractivity (Wildman–Crippen MR) is 71.5 cm³/mol. The van der Waals surface area contributed by atoms with Crippen molar-refractivity contribution in [1.82, 2.24) is 16.0 Å². The van der Waals surface area contributed by atoms with Crippen LogP contribution in [0.15, 0.2) is 18.2 Å². The van der Waals surface area contributed by atoms with Crippen LogP contribution >= 0.6 is 0 Å². The molecule has 0 aromatic heterocycles. The van der Waals surface area contributed by atoms with Crippen LogP contribution in [0.2, 0.25) is 0 Å². The number of benzene rings is 1. The number of hydrogen-bond acceptors (Lipinski definition) is 5. The third-order valence-corrected chi connectivity index (χ3v) is 3.36. The molecule has 0 aliphatic carbocycles. The first-order valence-electron chi connectivity index (χ1n) is 6.40. The van der Waals surface area contributed by atoms with E-state index in [1.165, 1.54) is 12.1 Å². The zero-order valence-corrected chi connectivity index (χ0v) is 10.7. The Morgan fingerprint density at radius 3 is 2.70 bits per heavy atom. The lowest BCUT2D eigenvalue weighted by Crippen LogP contribution is -2.54. The van der Waals surface area contributed by atoms with Gasteiger partial charge in [0.1, 0.15) is 0 Å². The van der Waals surface area contributed by atoms with Crippen LogP contribution in [0, 0.1) is 0 Å². The molecule has 2 heterocycles. The standard InChI is InChI=1S/C13H14N4O3/c18-11-8-2-1-7(5-9(8)12(19)17-11)16-13(20)10-6-14-3-4-15-10/h1-2,5,10,14-15H,3-4,6H2,(H,16,20)(H,17,18,19). The van der Waals surface area contributed by atoms with Gasteiger partial charge in [0, 0.05) is 25.3 Å². The van der Waals surface area contributed by atoms with Crippen LogP contribution in [0.5, 0.6) is 0 Å². The fourth-order valence-electron chi connectivity index (χ4n) is 2.31. The number of piperazine rings is 1. The van der Waals surface area contributed by atoms with Gasteiger partial charge in [-0.25, -0.2) is 0 Å². The van der Waals surface area contributed by atoms with Crippen molar-refractivity contribution >= 4 is 23.4 Å². The van der Waals surface area contributed by atoms with Gasteiger partial charge in [-0.2, -0.15) is 0 Å². The first-order chi connectivity index (χ1) is 9.65. The highest BCUT2D eigenvalue weighted by atomic mass is 16.2. The maximum absolute atomic E-state index is 12.0. The van der Waals surface area contributed by atoms with Crippen LogP contribution in [0.1, 0.15) is 20.7 Å². The van der Waals surface area contributed by atoms with Gasteiger partial charge >= 0.3 is 0 Å². The van der Waals surface area contributed by atoms with Crippen molar-refractivity contribution in [2.45, 2.75) is 6.04 Å². The number of amides is 3. The Morgan fingerprint density at radius 1 is 1.15 bits per heavy atom. The SMILES string of the molecule is O=C1NC(=O)c2cc(NC(=O)C3CNCCN3)ccc21. The fourth-order valence-corrected chi connectivity index (χ4v) is 2.31. The number of carbonyl (C=O) groups excluding carboxylic acids is 3. The van der Waals surface area contributed by atoms with Gasteiger partial charge in [-0.1, -0.05) is 0 Å². The van der Waals surface area contributed by atoms with Crippen LogP contribution in [0.25, 0.3) is 0 Å². The van der Waals surface area contributed by atoms with Crippen molar-refractivity contribution in [3.8, 4) is 0 Å². The molecule has 0 radical (unpaired) electrons. The van der Waals surface area contributed by atoms with Crippen LogP contribution in [-0.4, -0.2) is 43.4 Å². The third-order valence-electron chi connectivity index (χ3n) is 3.36. The monoisotopic (exact) mass is 274 g/mol. The highest BCUT2D eigenvalue weighted by Crippen LogP contribution is 2.20. The summed E-state index contributed by atoms with van der Waals surface area (Å²) in [6.45, 7) is 2.14. The van der Waals surface area contributed by atoms with Gasteiger partial charge in [0.25, 0.3) is 11.8 Å². The first kappa shape index (κ1) is 12.8. The van der Waals surface area contributed by atoms with E-state index >= 15 is 0 Å². The molecule has 1 atom stereocenters. The Bertz CT molecular complexity index is 593. The van der Waals surface area contributed by atoms with Crippen molar-refractivity contribution in [1.29, 1.82) is 0 Å². The molecule has 1 aromatic carbocycles. The van der Waals surface area contributed by atoms with Crippen molar-refractivity contribution in [2.75, 3.05) is 25.0 Å². The molecule has 1 aromatic rings. The topological polar surface area (TPSA) is 99.3 Å². The number of hydrogen-bond donors (Lipinski definition) is 4. The highest BCUT2D eigenvalue weighted by Gasteiger charge is 2.27. The molecule has 7 nitrogen and oxygen atoms in total. The van der Waals surface area contributed by atoms with Crippen molar-refractivity contribution in [3.05, 3.63) is 29.3 Å². The lowest BCUT2D eigenvalue weighted by Gasteiger charge is -2.23. The molecule has 0 spiro atoms. The van der Waals surface area contributed by atoms with E-state index in [0.29, 0.717) is 23.4 Å². The number of carbonyl (C=O) groups is 3. The van der Waals surface area contributed by atoms with E-state index in [0.717, 1.165) is 13.1 Å². The number of nitrogens with one attached hydrogen (secondary N) is 4. The quantitative estimate of drug-likeness (QED) is 0.522. The van der Waals surface area contributed by atoms with E-state index in [9.17, 15) is 14.4 Å². The Morgan fingerprint density at radius 2 is 1.95 bits per heavy atom. The molecular formula is C13H14N4O3. The number of rotatable bonds is 2. The van der Waals surface area contributed by atoms with E-state index in [1.54, 1.807) is 6.07 Å². The van der Waals surface area contributed by atoms with Gasteiger partial charge in [-0.15, -0.1) is 0 Å². The molecule has 104 valence electrons. The molecule has 20 heavy (non-hydrogen) atoms. The molecule has 0 saturated carbocycles. The summed E-state index contributed by atoms with van der Waals surface area (Å²) in [4.78, 5) is 35.0.